The Balaban J connectivity index is 1.72. The van der Waals surface area contributed by atoms with Crippen LogP contribution in [0.3, 0.4) is 0 Å². The van der Waals surface area contributed by atoms with E-state index in [0.29, 0.717) is 11.3 Å². The summed E-state index contributed by atoms with van der Waals surface area (Å²) in [5, 5.41) is 12.9. The van der Waals surface area contributed by atoms with E-state index in [1.807, 2.05) is 20.8 Å². The number of carbonyl (C=O) groups is 7. The van der Waals surface area contributed by atoms with Crippen molar-refractivity contribution in [2.24, 2.45) is 11.3 Å². The maximum atomic E-state index is 12.9. The molecule has 0 saturated heterocycles. The van der Waals surface area contributed by atoms with E-state index in [9.17, 15) is 33.6 Å². The Morgan fingerprint density at radius 3 is 1.91 bits per heavy atom. The average molecular weight is 645 g/mol. The minimum absolute atomic E-state index is 0.0303. The van der Waals surface area contributed by atoms with Crippen molar-refractivity contribution >= 4 is 47.4 Å². The van der Waals surface area contributed by atoms with Crippen LogP contribution in [0, 0.1) is 11.3 Å². The van der Waals surface area contributed by atoms with Crippen LogP contribution in [0.2, 0.25) is 0 Å². The normalized spacial score (nSPS) is 13.9. The lowest BCUT2D eigenvalue weighted by Crippen LogP contribution is -2.54. The molecule has 0 radical (unpaired) electrons. The van der Waals surface area contributed by atoms with Gasteiger partial charge in [-0.25, -0.2) is 9.59 Å². The van der Waals surface area contributed by atoms with Crippen LogP contribution in [-0.2, 0) is 40.1 Å². The molecule has 0 unspecified atom stereocenters. The Labute approximate surface area is 268 Å². The number of hydrogen-bond acceptors (Lipinski definition) is 9. The lowest BCUT2D eigenvalue weighted by molar-refractivity contribution is -0.137. The highest BCUT2D eigenvalue weighted by Crippen LogP contribution is 2.13. The van der Waals surface area contributed by atoms with Crippen LogP contribution >= 0.6 is 0 Å². The minimum atomic E-state index is -0.950. The van der Waals surface area contributed by atoms with E-state index >= 15 is 0 Å². The van der Waals surface area contributed by atoms with Gasteiger partial charge in [0, 0.05) is 43.9 Å². The number of anilines is 1. The van der Waals surface area contributed by atoms with Gasteiger partial charge in [-0.05, 0) is 36.0 Å². The number of ether oxygens (including phenoxy) is 2. The van der Waals surface area contributed by atoms with E-state index in [4.69, 9.17) is 9.47 Å². The summed E-state index contributed by atoms with van der Waals surface area (Å²) in [6.45, 7) is 11.2. The maximum absolute atomic E-state index is 12.9. The highest BCUT2D eigenvalue weighted by atomic mass is 16.6. The topological polar surface area (TPSA) is 201 Å². The van der Waals surface area contributed by atoms with Crippen molar-refractivity contribution in [3.05, 3.63) is 42.0 Å². The Kier molecular flexibility index (Phi) is 14.2. The zero-order chi connectivity index (χ0) is 34.4. The largest absolute Gasteiger partial charge is 0.449 e. The third-order valence-corrected chi connectivity index (χ3v) is 6.37. The van der Waals surface area contributed by atoms with E-state index in [0.717, 1.165) is 17.1 Å². The first-order valence-electron chi connectivity index (χ1n) is 14.9. The number of carbonyl (C=O) groups excluding carboxylic acids is 7. The Morgan fingerprint density at radius 1 is 0.804 bits per heavy atom. The summed E-state index contributed by atoms with van der Waals surface area (Å²) in [5.41, 5.74) is 0.947. The Bertz CT molecular complexity index is 1290. The van der Waals surface area contributed by atoms with Crippen molar-refractivity contribution in [1.29, 1.82) is 0 Å². The molecule has 1 heterocycles. The van der Waals surface area contributed by atoms with Gasteiger partial charge in [0.2, 0.25) is 17.7 Å². The molecule has 0 spiro atoms. The molecule has 1 aromatic carbocycles. The standard InChI is InChI=1S/C31H44N6O9/c1-19(2)26(36-23(38)13-16-37-24(39)11-12-25(37)40)28(42)34-20(3)27(41)35-22-9-7-21(8-10-22)17-45-29(43)32-14-15-33-30(44)46-18-31(4,5)6/h7-12,19-20,26H,13-18H2,1-6H3,(H,32,43)(H,33,44)(H,34,42)(H,35,41)(H,36,38)/t20-,26-/m0/s1. The van der Waals surface area contributed by atoms with Gasteiger partial charge in [0.05, 0.1) is 6.61 Å². The molecule has 5 N–H and O–H groups in total. The van der Waals surface area contributed by atoms with Gasteiger partial charge in [0.1, 0.15) is 18.7 Å². The quantitative estimate of drug-likeness (QED) is 0.139. The van der Waals surface area contributed by atoms with Gasteiger partial charge in [0.15, 0.2) is 0 Å². The zero-order valence-corrected chi connectivity index (χ0v) is 27.1. The molecule has 252 valence electrons. The van der Waals surface area contributed by atoms with Gasteiger partial charge in [-0.15, -0.1) is 0 Å². The average Bonchev–Trinajstić information content (AvgIpc) is 3.31. The fourth-order valence-electron chi connectivity index (χ4n) is 3.81. The van der Waals surface area contributed by atoms with E-state index in [-0.39, 0.29) is 50.6 Å². The molecule has 1 aliphatic heterocycles. The molecule has 1 aromatic rings. The van der Waals surface area contributed by atoms with Crippen LogP contribution in [0.5, 0.6) is 0 Å². The molecule has 0 saturated carbocycles. The van der Waals surface area contributed by atoms with E-state index in [2.05, 4.69) is 26.6 Å². The van der Waals surface area contributed by atoms with Gasteiger partial charge in [0.25, 0.3) is 11.8 Å². The summed E-state index contributed by atoms with van der Waals surface area (Å²) >= 11 is 0. The smallest absolute Gasteiger partial charge is 0.407 e. The first kappa shape index (κ1) is 37.2. The van der Waals surface area contributed by atoms with Crippen LogP contribution < -0.4 is 26.6 Å². The SMILES string of the molecule is CC(C)[C@H](NC(=O)CCN1C(=O)C=CC1=O)C(=O)N[C@@H](C)C(=O)Nc1ccc(COC(=O)NCCNC(=O)OCC(C)(C)C)cc1. The van der Waals surface area contributed by atoms with Crippen LogP contribution in [0.4, 0.5) is 15.3 Å². The number of amides is 7. The van der Waals surface area contributed by atoms with Crippen LogP contribution in [0.25, 0.3) is 0 Å². The number of rotatable bonds is 15. The van der Waals surface area contributed by atoms with Crippen LogP contribution in [0.1, 0.15) is 53.5 Å². The molecular weight excluding hydrogens is 600 g/mol. The Hall–Kier alpha value is -4.95. The predicted octanol–water partition coefficient (Wildman–Crippen LogP) is 1.58. The number of imide groups is 1. The molecule has 0 fully saturated rings. The summed E-state index contributed by atoms with van der Waals surface area (Å²) in [6, 6.07) is 4.63. The second-order valence-electron chi connectivity index (χ2n) is 12.2. The maximum Gasteiger partial charge on any atom is 0.407 e. The summed E-state index contributed by atoms with van der Waals surface area (Å²) in [4.78, 5) is 85.9. The molecule has 0 bridgehead atoms. The fourth-order valence-corrected chi connectivity index (χ4v) is 3.81. The van der Waals surface area contributed by atoms with Crippen molar-refractivity contribution in [2.45, 2.75) is 66.7 Å². The highest BCUT2D eigenvalue weighted by molar-refractivity contribution is 6.13. The molecule has 2 atom stereocenters. The molecule has 1 aliphatic rings. The minimum Gasteiger partial charge on any atom is -0.449 e. The van der Waals surface area contributed by atoms with Gasteiger partial charge >= 0.3 is 12.2 Å². The second-order valence-corrected chi connectivity index (χ2v) is 12.2. The fraction of sp³-hybridized carbons (Fsp3) is 0.516. The van der Waals surface area contributed by atoms with E-state index in [1.165, 1.54) is 6.92 Å². The molecule has 15 heteroatoms. The second kappa shape index (κ2) is 17.5. The molecule has 0 aromatic heterocycles. The number of benzene rings is 1. The predicted molar refractivity (Wildman–Crippen MR) is 167 cm³/mol. The molecule has 0 aliphatic carbocycles. The number of hydrogen-bond donors (Lipinski definition) is 5. The lowest BCUT2D eigenvalue weighted by Gasteiger charge is -2.24. The summed E-state index contributed by atoms with van der Waals surface area (Å²) < 4.78 is 10.2. The molecule has 7 amide bonds. The van der Waals surface area contributed by atoms with Crippen LogP contribution in [0.15, 0.2) is 36.4 Å². The van der Waals surface area contributed by atoms with Crippen LogP contribution in [-0.4, -0.2) is 84.9 Å². The van der Waals surface area contributed by atoms with E-state index in [1.54, 1.807) is 38.1 Å². The number of nitrogens with one attached hydrogen (secondary N) is 5. The summed E-state index contributed by atoms with van der Waals surface area (Å²) in [5.74, 6) is -2.90. The highest BCUT2D eigenvalue weighted by Gasteiger charge is 2.28. The van der Waals surface area contributed by atoms with Gasteiger partial charge in [-0.1, -0.05) is 46.8 Å². The van der Waals surface area contributed by atoms with Crippen molar-refractivity contribution in [1.82, 2.24) is 26.2 Å². The molecule has 15 nitrogen and oxygen atoms in total. The van der Waals surface area contributed by atoms with Gasteiger partial charge in [-0.2, -0.15) is 0 Å². The number of nitrogens with zero attached hydrogens (tertiary/aromatic N) is 1. The molecule has 46 heavy (non-hydrogen) atoms. The van der Waals surface area contributed by atoms with Gasteiger partial charge in [-0.3, -0.25) is 28.9 Å². The van der Waals surface area contributed by atoms with Gasteiger partial charge < -0.3 is 36.1 Å². The van der Waals surface area contributed by atoms with E-state index < -0.39 is 53.8 Å². The third-order valence-electron chi connectivity index (χ3n) is 6.37. The zero-order valence-electron chi connectivity index (χ0n) is 27.1. The summed E-state index contributed by atoms with van der Waals surface area (Å²) in [7, 11) is 0. The first-order chi connectivity index (χ1) is 21.6. The van der Waals surface area contributed by atoms with Crippen molar-refractivity contribution in [2.75, 3.05) is 31.6 Å². The van der Waals surface area contributed by atoms with Crippen molar-refractivity contribution < 1.29 is 43.0 Å². The Morgan fingerprint density at radius 2 is 1.37 bits per heavy atom. The summed E-state index contributed by atoms with van der Waals surface area (Å²) in [6.07, 6.45) is 0.837. The third kappa shape index (κ3) is 13.4. The first-order valence-corrected chi connectivity index (χ1v) is 14.9. The lowest BCUT2D eigenvalue weighted by atomic mass is 9.99. The molecule has 2 rings (SSSR count). The van der Waals surface area contributed by atoms with Crippen molar-refractivity contribution in [3.63, 3.8) is 0 Å². The monoisotopic (exact) mass is 644 g/mol. The van der Waals surface area contributed by atoms with Crippen molar-refractivity contribution in [3.8, 4) is 0 Å². The number of alkyl carbamates (subject to hydrolysis) is 2. The molecular formula is C31H44N6O9.